The zero-order valence-corrected chi connectivity index (χ0v) is 16.4. The van der Waals surface area contributed by atoms with E-state index in [4.69, 9.17) is 9.84 Å². The normalized spacial score (nSPS) is 10.9. The van der Waals surface area contributed by atoms with Gasteiger partial charge in [-0.05, 0) is 70.4 Å². The molecule has 0 aromatic rings. The van der Waals surface area contributed by atoms with Crippen LogP contribution in [0.5, 0.6) is 0 Å². The maximum atomic E-state index is 12.8. The van der Waals surface area contributed by atoms with Crippen LogP contribution in [-0.4, -0.2) is 35.9 Å². The minimum atomic E-state index is -1.20. The van der Waals surface area contributed by atoms with Crippen molar-refractivity contribution in [2.24, 2.45) is 5.41 Å². The van der Waals surface area contributed by atoms with Crippen LogP contribution in [0.1, 0.15) is 59.3 Å². The molecule has 0 aliphatic carbocycles. The molecule has 0 fully saturated rings. The number of aliphatic hydroxyl groups is 1. The number of unbranched alkanes of at least 4 members (excludes halogenated alkanes) is 2. The standard InChI is InChI=1S/C21H32O5/c1-15(2)18(23)21(11-7-9-13-22,19(24)16(3)4)12-8-10-14-26-20(25)17(5)6/h22H,1,3,5,7-14H2,2,4,6H3. The molecule has 0 aromatic heterocycles. The summed E-state index contributed by atoms with van der Waals surface area (Å²) in [4.78, 5) is 37.1. The topological polar surface area (TPSA) is 80.7 Å². The van der Waals surface area contributed by atoms with Gasteiger partial charge in [0.1, 0.15) is 0 Å². The van der Waals surface area contributed by atoms with E-state index in [0.717, 1.165) is 0 Å². The Kier molecular flexibility index (Phi) is 10.7. The fourth-order valence-electron chi connectivity index (χ4n) is 2.85. The Labute approximate surface area is 156 Å². The minimum Gasteiger partial charge on any atom is -0.462 e. The Bertz CT molecular complexity index is 545. The van der Waals surface area contributed by atoms with Gasteiger partial charge >= 0.3 is 5.97 Å². The maximum absolute atomic E-state index is 12.8. The molecule has 0 aromatic carbocycles. The Morgan fingerprint density at radius 2 is 1.27 bits per heavy atom. The summed E-state index contributed by atoms with van der Waals surface area (Å²) in [6.07, 6.45) is 2.83. The van der Waals surface area contributed by atoms with Gasteiger partial charge in [0.2, 0.25) is 0 Å². The highest BCUT2D eigenvalue weighted by atomic mass is 16.5. The Hall–Kier alpha value is -2.01. The lowest BCUT2D eigenvalue weighted by Crippen LogP contribution is -2.40. The van der Waals surface area contributed by atoms with E-state index in [1.807, 2.05) is 0 Å². The van der Waals surface area contributed by atoms with Crippen molar-refractivity contribution in [1.29, 1.82) is 0 Å². The smallest absolute Gasteiger partial charge is 0.333 e. The highest BCUT2D eigenvalue weighted by Crippen LogP contribution is 2.37. The van der Waals surface area contributed by atoms with Crippen LogP contribution in [0.25, 0.3) is 0 Å². The van der Waals surface area contributed by atoms with Gasteiger partial charge in [-0.1, -0.05) is 19.7 Å². The van der Waals surface area contributed by atoms with Crippen LogP contribution in [-0.2, 0) is 19.1 Å². The minimum absolute atomic E-state index is 0.00938. The first-order valence-corrected chi connectivity index (χ1v) is 8.94. The van der Waals surface area contributed by atoms with Crippen LogP contribution in [0.15, 0.2) is 36.5 Å². The van der Waals surface area contributed by atoms with Crippen molar-refractivity contribution >= 4 is 17.5 Å². The van der Waals surface area contributed by atoms with Gasteiger partial charge in [-0.3, -0.25) is 9.59 Å². The van der Waals surface area contributed by atoms with Crippen molar-refractivity contribution in [3.63, 3.8) is 0 Å². The van der Waals surface area contributed by atoms with E-state index in [1.165, 1.54) is 0 Å². The molecule has 26 heavy (non-hydrogen) atoms. The number of ketones is 2. The SMILES string of the molecule is C=C(C)C(=O)OCCCCC(CCCCO)(C(=O)C(=C)C)C(=O)C(=C)C. The number of hydrogen-bond acceptors (Lipinski definition) is 5. The first kappa shape index (κ1) is 24.0. The predicted molar refractivity (Wildman–Crippen MR) is 103 cm³/mol. The fraction of sp³-hybridized carbons (Fsp3) is 0.571. The number of carbonyl (C=O) groups is 3. The summed E-state index contributed by atoms with van der Waals surface area (Å²) in [5, 5.41) is 9.04. The monoisotopic (exact) mass is 364 g/mol. The molecule has 0 unspecified atom stereocenters. The van der Waals surface area contributed by atoms with E-state index in [0.29, 0.717) is 55.2 Å². The largest absolute Gasteiger partial charge is 0.462 e. The second-order valence-corrected chi connectivity index (χ2v) is 6.86. The highest BCUT2D eigenvalue weighted by Gasteiger charge is 2.44. The maximum Gasteiger partial charge on any atom is 0.333 e. The lowest BCUT2D eigenvalue weighted by molar-refractivity contribution is -0.140. The molecule has 0 bridgehead atoms. The zero-order valence-electron chi connectivity index (χ0n) is 16.4. The van der Waals surface area contributed by atoms with Crippen molar-refractivity contribution in [2.45, 2.75) is 59.3 Å². The quantitative estimate of drug-likeness (QED) is 0.220. The number of carbonyl (C=O) groups excluding carboxylic acids is 3. The average Bonchev–Trinajstić information content (AvgIpc) is 2.58. The number of Topliss-reactive ketones (excluding diaryl/α,β-unsaturated/α-hetero) is 2. The summed E-state index contributed by atoms with van der Waals surface area (Å²) < 4.78 is 5.06. The summed E-state index contributed by atoms with van der Waals surface area (Å²) in [7, 11) is 0. The van der Waals surface area contributed by atoms with Crippen LogP contribution < -0.4 is 0 Å². The van der Waals surface area contributed by atoms with Crippen LogP contribution in [0.4, 0.5) is 0 Å². The number of rotatable bonds is 14. The summed E-state index contributed by atoms with van der Waals surface area (Å²) >= 11 is 0. The molecule has 0 spiro atoms. The fourth-order valence-corrected chi connectivity index (χ4v) is 2.85. The second-order valence-electron chi connectivity index (χ2n) is 6.86. The molecule has 0 radical (unpaired) electrons. The molecular weight excluding hydrogens is 332 g/mol. The van der Waals surface area contributed by atoms with Crippen molar-refractivity contribution in [3.05, 3.63) is 36.5 Å². The van der Waals surface area contributed by atoms with Crippen molar-refractivity contribution in [1.82, 2.24) is 0 Å². The molecule has 0 atom stereocenters. The summed E-state index contributed by atoms with van der Waals surface area (Å²) in [5.41, 5.74) is -0.210. The van der Waals surface area contributed by atoms with E-state index in [2.05, 4.69) is 19.7 Å². The van der Waals surface area contributed by atoms with Crippen LogP contribution in [0, 0.1) is 5.41 Å². The van der Waals surface area contributed by atoms with Crippen molar-refractivity contribution < 1.29 is 24.2 Å². The van der Waals surface area contributed by atoms with Crippen molar-refractivity contribution in [3.8, 4) is 0 Å². The van der Waals surface area contributed by atoms with Crippen LogP contribution in [0.2, 0.25) is 0 Å². The zero-order chi connectivity index (χ0) is 20.3. The van der Waals surface area contributed by atoms with E-state index in [1.54, 1.807) is 20.8 Å². The highest BCUT2D eigenvalue weighted by molar-refractivity contribution is 6.18. The van der Waals surface area contributed by atoms with E-state index in [9.17, 15) is 14.4 Å². The van der Waals surface area contributed by atoms with E-state index >= 15 is 0 Å². The third kappa shape index (κ3) is 7.08. The van der Waals surface area contributed by atoms with Gasteiger partial charge in [0.05, 0.1) is 12.0 Å². The molecule has 0 rings (SSSR count). The first-order chi connectivity index (χ1) is 12.1. The molecule has 0 amide bonds. The summed E-state index contributed by atoms with van der Waals surface area (Å²) in [5.74, 6) is -1.00. The number of hydrogen-bond donors (Lipinski definition) is 1. The number of aliphatic hydroxyl groups excluding tert-OH is 1. The van der Waals surface area contributed by atoms with Gasteiger partial charge in [0, 0.05) is 12.2 Å². The number of esters is 1. The number of ether oxygens (including phenoxy) is 1. The molecule has 1 N–H and O–H groups in total. The Balaban J connectivity index is 5.21. The van der Waals surface area contributed by atoms with Gasteiger partial charge in [0.25, 0.3) is 0 Å². The summed E-state index contributed by atoms with van der Waals surface area (Å²) in [6.45, 7) is 15.9. The molecule has 0 heterocycles. The third-order valence-electron chi connectivity index (χ3n) is 4.24. The van der Waals surface area contributed by atoms with Crippen molar-refractivity contribution in [2.75, 3.05) is 13.2 Å². The first-order valence-electron chi connectivity index (χ1n) is 8.94. The average molecular weight is 364 g/mol. The third-order valence-corrected chi connectivity index (χ3v) is 4.24. The molecule has 0 saturated carbocycles. The van der Waals surface area contributed by atoms with Crippen LogP contribution in [0.3, 0.4) is 0 Å². The Morgan fingerprint density at radius 3 is 1.65 bits per heavy atom. The van der Waals surface area contributed by atoms with E-state index in [-0.39, 0.29) is 24.8 Å². The van der Waals surface area contributed by atoms with Gasteiger partial charge in [-0.25, -0.2) is 4.79 Å². The second kappa shape index (κ2) is 11.6. The number of allylic oxidation sites excluding steroid dienone is 2. The molecule has 5 nitrogen and oxygen atoms in total. The van der Waals surface area contributed by atoms with Gasteiger partial charge in [-0.15, -0.1) is 0 Å². The Morgan fingerprint density at radius 1 is 0.808 bits per heavy atom. The predicted octanol–water partition coefficient (Wildman–Crippen LogP) is 3.72. The van der Waals surface area contributed by atoms with Gasteiger partial charge in [-0.2, -0.15) is 0 Å². The van der Waals surface area contributed by atoms with Crippen LogP contribution >= 0.6 is 0 Å². The van der Waals surface area contributed by atoms with E-state index < -0.39 is 11.4 Å². The molecule has 0 aliphatic heterocycles. The lowest BCUT2D eigenvalue weighted by Gasteiger charge is -2.31. The van der Waals surface area contributed by atoms with Gasteiger partial charge in [0.15, 0.2) is 11.6 Å². The molecule has 0 aliphatic rings. The summed E-state index contributed by atoms with van der Waals surface area (Å²) in [6, 6.07) is 0. The van der Waals surface area contributed by atoms with Gasteiger partial charge < -0.3 is 9.84 Å². The molecule has 146 valence electrons. The lowest BCUT2D eigenvalue weighted by atomic mass is 9.68. The molecular formula is C21H32O5. The molecule has 5 heteroatoms. The molecule has 0 saturated heterocycles.